The van der Waals surface area contributed by atoms with Gasteiger partial charge in [0, 0.05) is 34.9 Å². The molecule has 170 valence electrons. The molecule has 2 amide bonds. The molecule has 1 fully saturated rings. The zero-order valence-electron chi connectivity index (χ0n) is 18.0. The van der Waals surface area contributed by atoms with E-state index in [4.69, 9.17) is 0 Å². The van der Waals surface area contributed by atoms with Crippen molar-refractivity contribution in [3.8, 4) is 0 Å². The van der Waals surface area contributed by atoms with Crippen LogP contribution in [0.1, 0.15) is 28.3 Å². The van der Waals surface area contributed by atoms with E-state index in [0.717, 1.165) is 28.4 Å². The Balaban J connectivity index is 1.21. The fourth-order valence-corrected chi connectivity index (χ4v) is 4.97. The normalized spacial score (nSPS) is 17.2. The largest absolute Gasteiger partial charge is 0.326 e. The van der Waals surface area contributed by atoms with E-state index < -0.39 is 15.9 Å². The van der Waals surface area contributed by atoms with E-state index in [1.807, 2.05) is 24.3 Å². The van der Waals surface area contributed by atoms with Gasteiger partial charge in [-0.05, 0) is 65.8 Å². The number of amides is 2. The van der Waals surface area contributed by atoms with Gasteiger partial charge in [0.2, 0.25) is 5.91 Å². The summed E-state index contributed by atoms with van der Waals surface area (Å²) in [6.07, 6.45) is 4.21. The van der Waals surface area contributed by atoms with Gasteiger partial charge in [-0.15, -0.1) is 0 Å². The van der Waals surface area contributed by atoms with Crippen LogP contribution in [0.4, 0.5) is 5.69 Å². The van der Waals surface area contributed by atoms with Crippen molar-refractivity contribution in [2.24, 2.45) is 5.92 Å². The Bertz CT molecular complexity index is 1490. The molecule has 0 bridgehead atoms. The number of rotatable bonds is 6. The Morgan fingerprint density at radius 1 is 0.882 bits per heavy atom. The number of benzene rings is 3. The summed E-state index contributed by atoms with van der Waals surface area (Å²) in [4.78, 5) is 29.3. The van der Waals surface area contributed by atoms with Gasteiger partial charge in [-0.2, -0.15) is 0 Å². The van der Waals surface area contributed by atoms with Crippen LogP contribution in [0.25, 0.3) is 10.8 Å². The molecular weight excluding hydrogens is 450 g/mol. The SMILES string of the molecule is O=C(NS(=O)(=O)c1ccccc1)c1ccc([C@@H]2C[C@H]2C(=O)Nc2ccc3cnccc3c2)cc1. The van der Waals surface area contributed by atoms with Crippen molar-refractivity contribution in [1.82, 2.24) is 9.71 Å². The summed E-state index contributed by atoms with van der Waals surface area (Å²) in [5, 5.41) is 4.98. The highest BCUT2D eigenvalue weighted by molar-refractivity contribution is 7.90. The lowest BCUT2D eigenvalue weighted by Gasteiger charge is -2.08. The third-order valence-electron chi connectivity index (χ3n) is 5.92. The summed E-state index contributed by atoms with van der Waals surface area (Å²) in [5.41, 5.74) is 1.91. The zero-order valence-corrected chi connectivity index (χ0v) is 18.8. The Kier molecular flexibility index (Phi) is 5.59. The van der Waals surface area contributed by atoms with Crippen molar-refractivity contribution < 1.29 is 18.0 Å². The smallest absolute Gasteiger partial charge is 0.264 e. The maximum absolute atomic E-state index is 12.7. The average Bonchev–Trinajstić information content (AvgIpc) is 3.66. The molecule has 7 nitrogen and oxygen atoms in total. The van der Waals surface area contributed by atoms with E-state index in [1.165, 1.54) is 12.1 Å². The third-order valence-corrected chi connectivity index (χ3v) is 7.26. The van der Waals surface area contributed by atoms with Crippen molar-refractivity contribution in [3.63, 3.8) is 0 Å². The van der Waals surface area contributed by atoms with Gasteiger partial charge in [0.05, 0.1) is 4.90 Å². The molecular formula is C26H21N3O4S. The van der Waals surface area contributed by atoms with Gasteiger partial charge in [0.1, 0.15) is 0 Å². The molecule has 0 spiro atoms. The van der Waals surface area contributed by atoms with Crippen molar-refractivity contribution in [3.05, 3.63) is 102 Å². The average molecular weight is 472 g/mol. The van der Waals surface area contributed by atoms with Crippen molar-refractivity contribution in [1.29, 1.82) is 0 Å². The number of anilines is 1. The van der Waals surface area contributed by atoms with Crippen LogP contribution in [0.5, 0.6) is 0 Å². The summed E-state index contributed by atoms with van der Waals surface area (Å²) in [6, 6.07) is 22.0. The van der Waals surface area contributed by atoms with E-state index in [9.17, 15) is 18.0 Å². The number of sulfonamides is 1. The Morgan fingerprint density at radius 2 is 1.65 bits per heavy atom. The molecule has 0 aliphatic heterocycles. The first kappa shape index (κ1) is 21.8. The molecule has 1 aliphatic rings. The number of nitrogens with zero attached hydrogens (tertiary/aromatic N) is 1. The molecule has 2 N–H and O–H groups in total. The second-order valence-electron chi connectivity index (χ2n) is 8.25. The van der Waals surface area contributed by atoms with Crippen LogP contribution in [0.2, 0.25) is 0 Å². The monoisotopic (exact) mass is 471 g/mol. The van der Waals surface area contributed by atoms with Crippen molar-refractivity contribution in [2.45, 2.75) is 17.2 Å². The predicted molar refractivity (Wildman–Crippen MR) is 129 cm³/mol. The van der Waals surface area contributed by atoms with E-state index >= 15 is 0 Å². The quantitative estimate of drug-likeness (QED) is 0.441. The fourth-order valence-electron chi connectivity index (χ4n) is 3.97. The molecule has 1 aliphatic carbocycles. The molecule has 0 radical (unpaired) electrons. The first-order valence-corrected chi connectivity index (χ1v) is 12.3. The number of pyridine rings is 1. The first-order chi connectivity index (χ1) is 16.4. The second kappa shape index (κ2) is 8.72. The molecule has 2 atom stereocenters. The summed E-state index contributed by atoms with van der Waals surface area (Å²) >= 11 is 0. The number of carbonyl (C=O) groups is 2. The van der Waals surface area contributed by atoms with E-state index in [2.05, 4.69) is 15.0 Å². The van der Waals surface area contributed by atoms with Crippen LogP contribution in [0.15, 0.2) is 96.2 Å². The summed E-state index contributed by atoms with van der Waals surface area (Å²) < 4.78 is 26.8. The standard InChI is InChI=1S/C26H21N3O4S/c30-25(29-34(32,33)22-4-2-1-3-5-22)18-8-6-17(7-9-18)23-15-24(23)26(31)28-21-11-10-20-16-27-13-12-19(20)14-21/h1-14,16,23-24H,15H2,(H,28,31)(H,29,30)/t23-,24+/m0/s1. The van der Waals surface area contributed by atoms with E-state index in [0.29, 0.717) is 0 Å². The van der Waals surface area contributed by atoms with Crippen LogP contribution in [0.3, 0.4) is 0 Å². The van der Waals surface area contributed by atoms with E-state index in [1.54, 1.807) is 54.9 Å². The lowest BCUT2D eigenvalue weighted by Crippen LogP contribution is -2.30. The molecule has 1 aromatic heterocycles. The molecule has 5 rings (SSSR count). The number of fused-ring (bicyclic) bond motifs is 1. The minimum atomic E-state index is -3.94. The minimum Gasteiger partial charge on any atom is -0.326 e. The van der Waals surface area contributed by atoms with E-state index in [-0.39, 0.29) is 28.2 Å². The molecule has 1 heterocycles. The van der Waals surface area contributed by atoms with Gasteiger partial charge in [-0.25, -0.2) is 13.1 Å². The molecule has 0 saturated heterocycles. The molecule has 34 heavy (non-hydrogen) atoms. The van der Waals surface area contributed by atoms with Crippen LogP contribution >= 0.6 is 0 Å². The number of carbonyl (C=O) groups excluding carboxylic acids is 2. The molecule has 8 heteroatoms. The van der Waals surface area contributed by atoms with Gasteiger partial charge in [0.25, 0.3) is 15.9 Å². The summed E-state index contributed by atoms with van der Waals surface area (Å²) in [7, 11) is -3.94. The van der Waals surface area contributed by atoms with Gasteiger partial charge < -0.3 is 5.32 Å². The Morgan fingerprint density at radius 3 is 2.41 bits per heavy atom. The van der Waals surface area contributed by atoms with Crippen molar-refractivity contribution >= 4 is 38.3 Å². The highest BCUT2D eigenvalue weighted by atomic mass is 32.2. The van der Waals surface area contributed by atoms with Crippen LogP contribution in [-0.4, -0.2) is 25.2 Å². The minimum absolute atomic E-state index is 0.0230. The maximum atomic E-state index is 12.7. The van der Waals surface area contributed by atoms with Gasteiger partial charge >= 0.3 is 0 Å². The molecule has 0 unspecified atom stereocenters. The third kappa shape index (κ3) is 4.53. The second-order valence-corrected chi connectivity index (χ2v) is 9.93. The number of aromatic nitrogens is 1. The maximum Gasteiger partial charge on any atom is 0.264 e. The number of nitrogens with one attached hydrogen (secondary N) is 2. The highest BCUT2D eigenvalue weighted by Crippen LogP contribution is 2.48. The van der Waals surface area contributed by atoms with Crippen molar-refractivity contribution in [2.75, 3.05) is 5.32 Å². The highest BCUT2D eigenvalue weighted by Gasteiger charge is 2.44. The first-order valence-electron chi connectivity index (χ1n) is 10.8. The zero-order chi connectivity index (χ0) is 23.7. The molecule has 1 saturated carbocycles. The predicted octanol–water partition coefficient (Wildman–Crippen LogP) is 4.10. The summed E-state index contributed by atoms with van der Waals surface area (Å²) in [5.74, 6) is -0.831. The Labute approximate surface area is 196 Å². The summed E-state index contributed by atoms with van der Waals surface area (Å²) in [6.45, 7) is 0. The molecule has 4 aromatic rings. The molecule has 3 aromatic carbocycles. The number of hydrogen-bond acceptors (Lipinski definition) is 5. The van der Waals surface area contributed by atoms with Crippen LogP contribution in [0, 0.1) is 5.92 Å². The van der Waals surface area contributed by atoms with Gasteiger partial charge in [0.15, 0.2) is 0 Å². The topological polar surface area (TPSA) is 105 Å². The lowest BCUT2D eigenvalue weighted by molar-refractivity contribution is -0.117. The lowest BCUT2D eigenvalue weighted by atomic mass is 10.1. The number of hydrogen-bond donors (Lipinski definition) is 2. The van der Waals surface area contributed by atoms with Crippen LogP contribution < -0.4 is 10.0 Å². The Hall–Kier alpha value is -4.04. The van der Waals surface area contributed by atoms with Gasteiger partial charge in [-0.1, -0.05) is 36.4 Å². The fraction of sp³-hybridized carbons (Fsp3) is 0.115. The van der Waals surface area contributed by atoms with Crippen LogP contribution in [-0.2, 0) is 14.8 Å². The van der Waals surface area contributed by atoms with Gasteiger partial charge in [-0.3, -0.25) is 14.6 Å².